The maximum absolute atomic E-state index is 10.2. The molecule has 0 aliphatic rings. The zero-order valence-electron chi connectivity index (χ0n) is 6.75. The van der Waals surface area contributed by atoms with Crippen molar-refractivity contribution in [2.45, 2.75) is 6.42 Å². The van der Waals surface area contributed by atoms with Crippen LogP contribution in [0.1, 0.15) is 6.42 Å². The van der Waals surface area contributed by atoms with E-state index in [0.29, 0.717) is 0 Å². The summed E-state index contributed by atoms with van der Waals surface area (Å²) < 4.78 is 0. The Morgan fingerprint density at radius 3 is 2.15 bits per heavy atom. The maximum atomic E-state index is 10.2. The Morgan fingerprint density at radius 2 is 1.77 bits per heavy atom. The minimum atomic E-state index is -1.05. The fourth-order valence-corrected chi connectivity index (χ4v) is 0.502. The lowest BCUT2D eigenvalue weighted by Crippen LogP contribution is -2.35. The molecule has 0 atom stereocenters. The summed E-state index contributed by atoms with van der Waals surface area (Å²) in [5.74, 6) is 0. The fraction of sp³-hybridized carbons (Fsp3) is 0.400. The van der Waals surface area contributed by atoms with Crippen LogP contribution in [0.15, 0.2) is 0 Å². The van der Waals surface area contributed by atoms with Gasteiger partial charge in [0.15, 0.2) is 0 Å². The molecule has 0 spiro atoms. The van der Waals surface area contributed by atoms with E-state index in [0.717, 1.165) is 6.54 Å². The number of hydrogen-bond acceptors (Lipinski definition) is 4. The second-order valence-corrected chi connectivity index (χ2v) is 2.12. The van der Waals surface area contributed by atoms with Crippen molar-refractivity contribution in [3.8, 4) is 0 Å². The highest BCUT2D eigenvalue weighted by Crippen LogP contribution is 1.94. The maximum Gasteiger partial charge on any atom is 0.338 e. The molecule has 1 radical (unpaired) electrons. The molecule has 75 valence electrons. The van der Waals surface area contributed by atoms with Gasteiger partial charge in [-0.25, -0.2) is 19.7 Å². The number of primary amides is 2. The number of amides is 4. The first-order chi connectivity index (χ1) is 5.95. The van der Waals surface area contributed by atoms with Crippen LogP contribution in [0.3, 0.4) is 0 Å². The van der Waals surface area contributed by atoms with Gasteiger partial charge in [-0.05, 0) is 6.42 Å². The van der Waals surface area contributed by atoms with Gasteiger partial charge in [-0.15, -0.1) is 0 Å². The number of carbonyl (C=O) groups is 2. The molecule has 0 fully saturated rings. The minimum Gasteiger partial charge on any atom is -0.350 e. The molecular formula is C5H11N4O4. The van der Waals surface area contributed by atoms with Crippen LogP contribution in [0, 0.1) is 6.54 Å². The molecular weight excluding hydrogens is 180 g/mol. The van der Waals surface area contributed by atoms with Crippen LogP contribution in [0.4, 0.5) is 9.59 Å². The van der Waals surface area contributed by atoms with Crippen molar-refractivity contribution in [2.24, 2.45) is 11.5 Å². The number of hydroxylamine groups is 4. The zero-order valence-corrected chi connectivity index (χ0v) is 6.75. The Bertz CT molecular complexity index is 177. The molecule has 0 aliphatic heterocycles. The van der Waals surface area contributed by atoms with Gasteiger partial charge in [-0.3, -0.25) is 10.4 Å². The van der Waals surface area contributed by atoms with Crippen LogP contribution < -0.4 is 11.5 Å². The van der Waals surface area contributed by atoms with Crippen LogP contribution in [-0.4, -0.2) is 39.1 Å². The third-order valence-electron chi connectivity index (χ3n) is 1.12. The lowest BCUT2D eigenvalue weighted by molar-refractivity contribution is -0.0488. The van der Waals surface area contributed by atoms with E-state index in [-0.39, 0.29) is 23.1 Å². The summed E-state index contributed by atoms with van der Waals surface area (Å²) in [6.07, 6.45) is 0.0406. The molecule has 13 heavy (non-hydrogen) atoms. The molecule has 6 N–H and O–H groups in total. The molecule has 8 nitrogen and oxygen atoms in total. The third-order valence-corrected chi connectivity index (χ3v) is 1.12. The molecule has 4 amide bonds. The quantitative estimate of drug-likeness (QED) is 0.337. The van der Waals surface area contributed by atoms with Crippen LogP contribution in [0.25, 0.3) is 0 Å². The molecule has 8 heteroatoms. The van der Waals surface area contributed by atoms with Gasteiger partial charge in [0.05, 0.1) is 13.1 Å². The third kappa shape index (κ3) is 4.82. The van der Waals surface area contributed by atoms with Crippen LogP contribution in [0.5, 0.6) is 0 Å². The van der Waals surface area contributed by atoms with E-state index in [2.05, 4.69) is 11.5 Å². The van der Waals surface area contributed by atoms with E-state index >= 15 is 0 Å². The fourth-order valence-electron chi connectivity index (χ4n) is 0.502. The lowest BCUT2D eigenvalue weighted by atomic mass is 10.4. The van der Waals surface area contributed by atoms with Gasteiger partial charge < -0.3 is 11.5 Å². The summed E-state index contributed by atoms with van der Waals surface area (Å²) in [4.78, 5) is 20.4. The molecule has 0 aliphatic carbocycles. The molecule has 0 saturated heterocycles. The van der Waals surface area contributed by atoms with Crippen molar-refractivity contribution in [1.29, 1.82) is 0 Å². The minimum absolute atomic E-state index is 0.0406. The Balaban J connectivity index is 3.56. The lowest BCUT2D eigenvalue weighted by Gasteiger charge is -2.14. The number of hydrogen-bond donors (Lipinski definition) is 4. The number of carbonyl (C=O) groups excluding carboxylic acids is 2. The average Bonchev–Trinajstić information content (AvgIpc) is 2.03. The van der Waals surface area contributed by atoms with E-state index in [1.807, 2.05) is 0 Å². The van der Waals surface area contributed by atoms with Crippen molar-refractivity contribution in [3.05, 3.63) is 6.54 Å². The van der Waals surface area contributed by atoms with E-state index in [1.165, 1.54) is 0 Å². The first-order valence-electron chi connectivity index (χ1n) is 3.32. The molecule has 0 aromatic rings. The van der Waals surface area contributed by atoms with Gasteiger partial charge in [-0.2, -0.15) is 0 Å². The molecule has 0 unspecified atom stereocenters. The van der Waals surface area contributed by atoms with Crippen molar-refractivity contribution in [2.75, 3.05) is 6.54 Å². The Morgan fingerprint density at radius 1 is 1.23 bits per heavy atom. The second kappa shape index (κ2) is 5.17. The van der Waals surface area contributed by atoms with Gasteiger partial charge in [-0.1, -0.05) is 0 Å². The summed E-state index contributed by atoms with van der Waals surface area (Å²) in [7, 11) is 0. The second-order valence-electron chi connectivity index (χ2n) is 2.12. The predicted molar refractivity (Wildman–Crippen MR) is 40.2 cm³/mol. The Kier molecular flexibility index (Phi) is 4.55. The number of nitrogens with zero attached hydrogens (tertiary/aromatic N) is 2. The SMILES string of the molecule is NC(=O)N(O)[CH]CCN(O)C(N)=O. The highest BCUT2D eigenvalue weighted by Gasteiger charge is 2.08. The van der Waals surface area contributed by atoms with E-state index in [1.54, 1.807) is 0 Å². The zero-order chi connectivity index (χ0) is 10.4. The highest BCUT2D eigenvalue weighted by atomic mass is 16.5. The topological polar surface area (TPSA) is 133 Å². The van der Waals surface area contributed by atoms with Crippen molar-refractivity contribution in [1.82, 2.24) is 10.1 Å². The van der Waals surface area contributed by atoms with Gasteiger partial charge in [0.2, 0.25) is 0 Å². The first kappa shape index (κ1) is 11.5. The normalized spacial score (nSPS) is 9.38. The average molecular weight is 191 g/mol. The molecule has 0 heterocycles. The van der Waals surface area contributed by atoms with Crippen molar-refractivity contribution < 1.29 is 20.0 Å². The molecule has 0 rings (SSSR count). The van der Waals surface area contributed by atoms with Crippen LogP contribution >= 0.6 is 0 Å². The first-order valence-corrected chi connectivity index (χ1v) is 3.32. The van der Waals surface area contributed by atoms with Gasteiger partial charge in [0.25, 0.3) is 0 Å². The summed E-state index contributed by atoms with van der Waals surface area (Å²) in [6.45, 7) is 0.855. The molecule has 0 saturated carbocycles. The van der Waals surface area contributed by atoms with E-state index in [9.17, 15) is 9.59 Å². The number of urea groups is 2. The van der Waals surface area contributed by atoms with E-state index in [4.69, 9.17) is 10.4 Å². The Hall–Kier alpha value is -1.54. The van der Waals surface area contributed by atoms with Crippen LogP contribution in [0.2, 0.25) is 0 Å². The molecule has 0 aromatic carbocycles. The molecule has 0 aromatic heterocycles. The standard InChI is InChI=1S/C5H11N4O4/c6-4(10)8(12)2-1-3-9(13)5(7)11/h2,12-13H,1,3H2,(H2,6,10)(H2,7,11). The van der Waals surface area contributed by atoms with Gasteiger partial charge in [0, 0.05) is 0 Å². The van der Waals surface area contributed by atoms with Crippen molar-refractivity contribution in [3.63, 3.8) is 0 Å². The largest absolute Gasteiger partial charge is 0.350 e. The monoisotopic (exact) mass is 191 g/mol. The van der Waals surface area contributed by atoms with Gasteiger partial charge in [0.1, 0.15) is 0 Å². The van der Waals surface area contributed by atoms with Crippen LogP contribution in [-0.2, 0) is 0 Å². The number of nitrogens with two attached hydrogens (primary N) is 2. The van der Waals surface area contributed by atoms with Crippen molar-refractivity contribution >= 4 is 12.1 Å². The molecule has 0 bridgehead atoms. The Labute approximate surface area is 74.2 Å². The van der Waals surface area contributed by atoms with E-state index < -0.39 is 12.1 Å². The summed E-state index contributed by atoms with van der Waals surface area (Å²) in [5, 5.41) is 17.8. The number of rotatable bonds is 4. The highest BCUT2D eigenvalue weighted by molar-refractivity contribution is 5.71. The summed E-state index contributed by atoms with van der Waals surface area (Å²) in [5.41, 5.74) is 9.32. The predicted octanol–water partition coefficient (Wildman–Crippen LogP) is -0.922. The summed E-state index contributed by atoms with van der Waals surface area (Å²) in [6, 6.07) is -2.07. The smallest absolute Gasteiger partial charge is 0.338 e. The van der Waals surface area contributed by atoms with Gasteiger partial charge >= 0.3 is 12.1 Å². The summed E-state index contributed by atoms with van der Waals surface area (Å²) >= 11 is 0.